The summed E-state index contributed by atoms with van der Waals surface area (Å²) in [5.41, 5.74) is 0. The van der Waals surface area contributed by atoms with Gasteiger partial charge in [0.2, 0.25) is 0 Å². The molecule has 0 saturated carbocycles. The summed E-state index contributed by atoms with van der Waals surface area (Å²) in [5.74, 6) is 0. The molecule has 0 nitrogen and oxygen atoms in total. The van der Waals surface area contributed by atoms with Crippen LogP contribution in [0.25, 0.3) is 0 Å². The zero-order valence-corrected chi connectivity index (χ0v) is 15.8. The first-order chi connectivity index (χ1) is 9.41. The van der Waals surface area contributed by atoms with Gasteiger partial charge in [-0.2, -0.15) is 0 Å². The number of rotatable bonds is 16. The predicted octanol–water partition coefficient (Wildman–Crippen LogP) is 6.60. The Morgan fingerprint density at radius 2 is 0.842 bits per heavy atom. The third kappa shape index (κ3) is 18.8. The van der Waals surface area contributed by atoms with Crippen molar-refractivity contribution in [1.82, 2.24) is 0 Å². The van der Waals surface area contributed by atoms with Gasteiger partial charge in [0.1, 0.15) is 0 Å². The van der Waals surface area contributed by atoms with Crippen molar-refractivity contribution >= 4 is 3.71 Å². The van der Waals surface area contributed by atoms with Crippen molar-refractivity contribution in [2.24, 2.45) is 0 Å². The van der Waals surface area contributed by atoms with E-state index < -0.39 is 0 Å². The van der Waals surface area contributed by atoms with Gasteiger partial charge in [0.15, 0.2) is 0 Å². The fourth-order valence-electron chi connectivity index (χ4n) is 2.62. The van der Waals surface area contributed by atoms with Gasteiger partial charge in [0.05, 0.1) is 0 Å². The second kappa shape index (κ2) is 18.8. The minimum absolute atomic E-state index is 1.36. The summed E-state index contributed by atoms with van der Waals surface area (Å²) in [4.78, 5) is 0. The maximum atomic E-state index is 2.38. The molecular weight excluding hydrogens is 307 g/mol. The van der Waals surface area contributed by atoms with Crippen LogP contribution in [0.4, 0.5) is 0 Å². The van der Waals surface area contributed by atoms with E-state index in [4.69, 9.17) is 0 Å². The molecule has 0 amide bonds. The first kappa shape index (κ1) is 19.8. The fraction of sp³-hybridized carbons (Fsp3) is 0.944. The molecular formula is C18H36Zr+2. The topological polar surface area (TPSA) is 0 Å². The summed E-state index contributed by atoms with van der Waals surface area (Å²) < 4.78 is 2.38. The molecule has 0 atom stereocenters. The van der Waals surface area contributed by atoms with Crippen LogP contribution in [0.2, 0.25) is 0 Å². The van der Waals surface area contributed by atoms with Crippen molar-refractivity contribution in [3.63, 3.8) is 0 Å². The van der Waals surface area contributed by atoms with Crippen molar-refractivity contribution in [2.75, 3.05) is 0 Å². The van der Waals surface area contributed by atoms with E-state index in [1.165, 1.54) is 103 Å². The number of unbranched alkanes of at least 4 members (excludes halogenated alkanes) is 15. The summed E-state index contributed by atoms with van der Waals surface area (Å²) >= 11 is 1.60. The van der Waals surface area contributed by atoms with Crippen LogP contribution in [0.5, 0.6) is 0 Å². The van der Waals surface area contributed by atoms with E-state index in [-0.39, 0.29) is 0 Å². The first-order valence-electron chi connectivity index (χ1n) is 8.90. The van der Waals surface area contributed by atoms with Crippen LogP contribution in [0.15, 0.2) is 0 Å². The third-order valence-electron chi connectivity index (χ3n) is 3.95. The first-order valence-corrected chi connectivity index (χ1v) is 10.3. The van der Waals surface area contributed by atoms with Gasteiger partial charge < -0.3 is 0 Å². The van der Waals surface area contributed by atoms with E-state index in [0.29, 0.717) is 0 Å². The Balaban J connectivity index is 2.89. The molecule has 0 aliphatic rings. The van der Waals surface area contributed by atoms with Gasteiger partial charge in [0.25, 0.3) is 0 Å². The Hall–Kier alpha value is 0.753. The Morgan fingerprint density at radius 1 is 0.526 bits per heavy atom. The second-order valence-electron chi connectivity index (χ2n) is 5.94. The SMILES string of the molecule is CCCCCCCCCCCCCCCCC[CH]=[Zr+2]. The molecule has 0 fully saturated rings. The van der Waals surface area contributed by atoms with Gasteiger partial charge >= 0.3 is 98.6 Å². The zero-order chi connectivity index (χ0) is 14.0. The molecule has 0 unspecified atom stereocenters. The third-order valence-corrected chi connectivity index (χ3v) is 4.66. The van der Waals surface area contributed by atoms with Crippen LogP contribution in [0.3, 0.4) is 0 Å². The van der Waals surface area contributed by atoms with E-state index in [2.05, 4.69) is 10.6 Å². The van der Waals surface area contributed by atoms with Crippen LogP contribution in [0, 0.1) is 0 Å². The predicted molar refractivity (Wildman–Crippen MR) is 85.6 cm³/mol. The maximum absolute atomic E-state index is 2.38. The molecule has 0 N–H and O–H groups in total. The Kier molecular flexibility index (Phi) is 19.5. The van der Waals surface area contributed by atoms with E-state index in [9.17, 15) is 0 Å². The molecule has 0 radical (unpaired) electrons. The fourth-order valence-corrected chi connectivity index (χ4v) is 3.12. The summed E-state index contributed by atoms with van der Waals surface area (Å²) in [7, 11) is 0. The Bertz CT molecular complexity index is 165. The van der Waals surface area contributed by atoms with Crippen molar-refractivity contribution in [3.8, 4) is 0 Å². The van der Waals surface area contributed by atoms with Gasteiger partial charge in [-0.1, -0.05) is 39.0 Å². The van der Waals surface area contributed by atoms with E-state index in [1.54, 1.807) is 24.2 Å². The molecule has 0 aromatic carbocycles. The molecule has 0 heterocycles. The molecule has 0 aromatic rings. The van der Waals surface area contributed by atoms with Gasteiger partial charge in [-0.05, 0) is 0 Å². The van der Waals surface area contributed by atoms with Gasteiger partial charge in [-0.3, -0.25) is 0 Å². The molecule has 110 valence electrons. The molecule has 0 bridgehead atoms. The van der Waals surface area contributed by atoms with Crippen molar-refractivity contribution in [2.45, 2.75) is 110 Å². The minimum atomic E-state index is 1.36. The van der Waals surface area contributed by atoms with Crippen LogP contribution >= 0.6 is 0 Å². The number of hydrogen-bond donors (Lipinski definition) is 0. The zero-order valence-electron chi connectivity index (χ0n) is 13.4. The average molecular weight is 344 g/mol. The monoisotopic (exact) mass is 342 g/mol. The van der Waals surface area contributed by atoms with E-state index in [0.717, 1.165) is 0 Å². The van der Waals surface area contributed by atoms with Crippen LogP contribution in [0.1, 0.15) is 110 Å². The second-order valence-corrected chi connectivity index (χ2v) is 6.95. The van der Waals surface area contributed by atoms with Crippen LogP contribution in [-0.2, 0) is 24.2 Å². The molecule has 0 saturated heterocycles. The van der Waals surface area contributed by atoms with E-state index >= 15 is 0 Å². The van der Waals surface area contributed by atoms with Crippen molar-refractivity contribution in [3.05, 3.63) is 0 Å². The van der Waals surface area contributed by atoms with Crippen molar-refractivity contribution in [1.29, 1.82) is 0 Å². The summed E-state index contributed by atoms with van der Waals surface area (Å²) in [6.07, 6.45) is 23.4. The van der Waals surface area contributed by atoms with Crippen LogP contribution < -0.4 is 0 Å². The normalized spacial score (nSPS) is 10.9. The quantitative estimate of drug-likeness (QED) is 0.277. The summed E-state index contributed by atoms with van der Waals surface area (Å²) in [6.45, 7) is 2.29. The molecule has 0 aromatic heterocycles. The van der Waals surface area contributed by atoms with Crippen molar-refractivity contribution < 1.29 is 24.2 Å². The van der Waals surface area contributed by atoms with Gasteiger partial charge in [-0.15, -0.1) is 0 Å². The summed E-state index contributed by atoms with van der Waals surface area (Å²) in [6, 6.07) is 0. The number of hydrogen-bond acceptors (Lipinski definition) is 0. The van der Waals surface area contributed by atoms with Gasteiger partial charge in [0, 0.05) is 0 Å². The molecule has 0 rings (SSSR count). The molecule has 0 aliphatic heterocycles. The molecule has 0 aliphatic carbocycles. The molecule has 1 heteroatoms. The standard InChI is InChI=1S/C18H36.Zr/c1-3-5-7-9-11-13-15-17-18-16-14-12-10-8-6-4-2;/h1H,3-18H2,2H3;/q;+2. The summed E-state index contributed by atoms with van der Waals surface area (Å²) in [5, 5.41) is 0. The van der Waals surface area contributed by atoms with Crippen LogP contribution in [-0.4, -0.2) is 3.71 Å². The van der Waals surface area contributed by atoms with E-state index in [1.807, 2.05) is 0 Å². The Morgan fingerprint density at radius 3 is 1.16 bits per heavy atom. The Labute approximate surface area is 137 Å². The average Bonchev–Trinajstić information content (AvgIpc) is 2.43. The van der Waals surface area contributed by atoms with Gasteiger partial charge in [-0.25, -0.2) is 0 Å². The molecule has 0 spiro atoms. The molecule has 19 heavy (non-hydrogen) atoms.